The van der Waals surface area contributed by atoms with Gasteiger partial charge in [0.25, 0.3) is 0 Å². The van der Waals surface area contributed by atoms with E-state index in [1.54, 1.807) is 4.90 Å². The highest BCUT2D eigenvalue weighted by molar-refractivity contribution is 5.91. The van der Waals surface area contributed by atoms with E-state index in [0.717, 1.165) is 5.56 Å². The second-order valence-corrected chi connectivity index (χ2v) is 6.60. The number of methoxy groups -OCH3 is 1. The van der Waals surface area contributed by atoms with E-state index in [-0.39, 0.29) is 18.0 Å². The minimum atomic E-state index is -0.661. The lowest BCUT2D eigenvalue weighted by atomic mass is 9.77. The molecule has 1 amide bonds. The molecule has 23 heavy (non-hydrogen) atoms. The molecule has 3 aliphatic rings. The van der Waals surface area contributed by atoms with Gasteiger partial charge in [-0.15, -0.1) is 0 Å². The second kappa shape index (κ2) is 4.93. The lowest BCUT2D eigenvalue weighted by Gasteiger charge is -2.22. The van der Waals surface area contributed by atoms with Gasteiger partial charge in [0.15, 0.2) is 0 Å². The zero-order chi connectivity index (χ0) is 16.2. The zero-order valence-corrected chi connectivity index (χ0v) is 13.2. The van der Waals surface area contributed by atoms with E-state index in [9.17, 15) is 9.59 Å². The van der Waals surface area contributed by atoms with Crippen molar-refractivity contribution in [2.45, 2.75) is 25.2 Å². The molecule has 2 fully saturated rings. The monoisotopic (exact) mass is 313 g/mol. The maximum Gasteiger partial charge on any atom is 0.312 e. The first kappa shape index (κ1) is 14.5. The first-order valence-electron chi connectivity index (χ1n) is 7.83. The van der Waals surface area contributed by atoms with Crippen LogP contribution in [0.15, 0.2) is 36.4 Å². The van der Waals surface area contributed by atoms with Gasteiger partial charge in [-0.1, -0.05) is 42.0 Å². The Morgan fingerprint density at radius 3 is 2.83 bits per heavy atom. The average molecular weight is 313 g/mol. The molecule has 0 aromatic heterocycles. The SMILES string of the molecule is COC(=O)[C@H]1[C@H]2C(=O)N(Cc3ccc(C)cc3)C[C@]23C=C[C@H]1O3. The first-order valence-corrected chi connectivity index (χ1v) is 7.83. The fourth-order valence-corrected chi connectivity index (χ4v) is 4.03. The Morgan fingerprint density at radius 1 is 1.39 bits per heavy atom. The quantitative estimate of drug-likeness (QED) is 0.626. The van der Waals surface area contributed by atoms with Gasteiger partial charge in [0.05, 0.1) is 25.7 Å². The van der Waals surface area contributed by atoms with E-state index in [1.807, 2.05) is 43.3 Å². The van der Waals surface area contributed by atoms with Crippen molar-refractivity contribution in [3.05, 3.63) is 47.5 Å². The number of esters is 1. The highest BCUT2D eigenvalue weighted by atomic mass is 16.5. The van der Waals surface area contributed by atoms with E-state index < -0.39 is 17.4 Å². The summed E-state index contributed by atoms with van der Waals surface area (Å²) in [6, 6.07) is 8.13. The molecule has 1 aromatic rings. The number of hydrogen-bond acceptors (Lipinski definition) is 4. The summed E-state index contributed by atoms with van der Waals surface area (Å²) in [5.41, 5.74) is 1.60. The number of aryl methyl sites for hydroxylation is 1. The van der Waals surface area contributed by atoms with Gasteiger partial charge in [-0.25, -0.2) is 0 Å². The molecule has 5 heteroatoms. The Kier molecular flexibility index (Phi) is 3.10. The number of carbonyl (C=O) groups excluding carboxylic acids is 2. The molecule has 120 valence electrons. The van der Waals surface area contributed by atoms with Crippen LogP contribution >= 0.6 is 0 Å². The number of rotatable bonds is 3. The molecule has 1 aromatic carbocycles. The predicted molar refractivity (Wildman–Crippen MR) is 82.3 cm³/mol. The summed E-state index contributed by atoms with van der Waals surface area (Å²) in [5.74, 6) is -1.37. The van der Waals surface area contributed by atoms with Gasteiger partial charge in [0.2, 0.25) is 5.91 Å². The minimum Gasteiger partial charge on any atom is -0.469 e. The Balaban J connectivity index is 1.60. The van der Waals surface area contributed by atoms with Crippen molar-refractivity contribution in [2.75, 3.05) is 13.7 Å². The molecular formula is C18H19NO4. The van der Waals surface area contributed by atoms with Crippen LogP contribution in [0, 0.1) is 18.8 Å². The Hall–Kier alpha value is -2.14. The molecular weight excluding hydrogens is 294 g/mol. The van der Waals surface area contributed by atoms with Crippen LogP contribution in [0.5, 0.6) is 0 Å². The molecule has 0 unspecified atom stereocenters. The normalized spacial score (nSPS) is 34.1. The summed E-state index contributed by atoms with van der Waals surface area (Å²) in [5, 5.41) is 0. The summed E-state index contributed by atoms with van der Waals surface area (Å²) in [7, 11) is 1.36. The fourth-order valence-electron chi connectivity index (χ4n) is 4.03. The Morgan fingerprint density at radius 2 is 2.13 bits per heavy atom. The molecule has 3 heterocycles. The summed E-state index contributed by atoms with van der Waals surface area (Å²) < 4.78 is 10.9. The molecule has 0 N–H and O–H groups in total. The molecule has 2 saturated heterocycles. The molecule has 4 atom stereocenters. The number of benzene rings is 1. The molecule has 0 radical (unpaired) electrons. The average Bonchev–Trinajstić information content (AvgIpc) is 3.18. The first-order chi connectivity index (χ1) is 11.0. The van der Waals surface area contributed by atoms with Crippen molar-refractivity contribution in [1.82, 2.24) is 4.90 Å². The van der Waals surface area contributed by atoms with Crippen LogP contribution in [-0.4, -0.2) is 42.1 Å². The van der Waals surface area contributed by atoms with Gasteiger partial charge in [-0.3, -0.25) is 9.59 Å². The molecule has 3 aliphatic heterocycles. The molecule has 4 rings (SSSR count). The Labute approximate surface area is 134 Å². The number of likely N-dealkylation sites (tertiary alicyclic amines) is 1. The van der Waals surface area contributed by atoms with Crippen LogP contribution in [0.3, 0.4) is 0 Å². The van der Waals surface area contributed by atoms with Gasteiger partial charge < -0.3 is 14.4 Å². The molecule has 0 aliphatic carbocycles. The van der Waals surface area contributed by atoms with Crippen LogP contribution < -0.4 is 0 Å². The molecule has 0 saturated carbocycles. The van der Waals surface area contributed by atoms with Crippen LogP contribution in [0.1, 0.15) is 11.1 Å². The summed E-state index contributed by atoms with van der Waals surface area (Å²) >= 11 is 0. The van der Waals surface area contributed by atoms with Crippen molar-refractivity contribution >= 4 is 11.9 Å². The van der Waals surface area contributed by atoms with Gasteiger partial charge in [-0.05, 0) is 12.5 Å². The largest absolute Gasteiger partial charge is 0.469 e. The summed E-state index contributed by atoms with van der Waals surface area (Å²) in [6.07, 6.45) is 3.51. The topological polar surface area (TPSA) is 55.8 Å². The van der Waals surface area contributed by atoms with E-state index in [1.165, 1.54) is 12.7 Å². The third-order valence-corrected chi connectivity index (χ3v) is 5.15. The number of nitrogens with zero attached hydrogens (tertiary/aromatic N) is 1. The van der Waals surface area contributed by atoms with Crippen molar-refractivity contribution < 1.29 is 19.1 Å². The van der Waals surface area contributed by atoms with Gasteiger partial charge in [0, 0.05) is 6.54 Å². The number of fused-ring (bicyclic) bond motifs is 1. The third-order valence-electron chi connectivity index (χ3n) is 5.15. The van der Waals surface area contributed by atoms with E-state index >= 15 is 0 Å². The highest BCUT2D eigenvalue weighted by Crippen LogP contribution is 2.52. The van der Waals surface area contributed by atoms with Crippen molar-refractivity contribution in [2.24, 2.45) is 11.8 Å². The van der Waals surface area contributed by atoms with Crippen LogP contribution in [0.25, 0.3) is 0 Å². The highest BCUT2D eigenvalue weighted by Gasteiger charge is 2.67. The van der Waals surface area contributed by atoms with Crippen molar-refractivity contribution in [1.29, 1.82) is 0 Å². The standard InChI is InChI=1S/C18H19NO4/c1-11-3-5-12(6-4-11)9-19-10-18-8-7-13(23-18)14(17(21)22-2)15(18)16(19)20/h3-8,13-15H,9-10H2,1-2H3/t13-,14-,15+,18-/m1/s1. The number of carbonyl (C=O) groups is 2. The molecule has 1 spiro atoms. The van der Waals surface area contributed by atoms with Gasteiger partial charge in [-0.2, -0.15) is 0 Å². The fraction of sp³-hybridized carbons (Fsp3) is 0.444. The predicted octanol–water partition coefficient (Wildman–Crippen LogP) is 1.45. The van der Waals surface area contributed by atoms with E-state index in [4.69, 9.17) is 9.47 Å². The molecule has 5 nitrogen and oxygen atoms in total. The van der Waals surface area contributed by atoms with Crippen molar-refractivity contribution in [3.8, 4) is 0 Å². The van der Waals surface area contributed by atoms with Crippen LogP contribution in [-0.2, 0) is 25.6 Å². The second-order valence-electron chi connectivity index (χ2n) is 6.60. The van der Waals surface area contributed by atoms with Crippen LogP contribution in [0.2, 0.25) is 0 Å². The van der Waals surface area contributed by atoms with Gasteiger partial charge in [0.1, 0.15) is 11.5 Å². The lowest BCUT2D eigenvalue weighted by molar-refractivity contribution is -0.151. The Bertz CT molecular complexity index is 695. The van der Waals surface area contributed by atoms with Crippen LogP contribution in [0.4, 0.5) is 0 Å². The minimum absolute atomic E-state index is 0.0205. The summed E-state index contributed by atoms with van der Waals surface area (Å²) in [4.78, 5) is 26.8. The zero-order valence-electron chi connectivity index (χ0n) is 13.2. The maximum absolute atomic E-state index is 12.9. The van der Waals surface area contributed by atoms with E-state index in [2.05, 4.69) is 0 Å². The van der Waals surface area contributed by atoms with E-state index in [0.29, 0.717) is 13.1 Å². The smallest absolute Gasteiger partial charge is 0.312 e. The number of hydrogen-bond donors (Lipinski definition) is 0. The number of ether oxygens (including phenoxy) is 2. The lowest BCUT2D eigenvalue weighted by Crippen LogP contribution is -2.39. The third kappa shape index (κ3) is 2.03. The number of amides is 1. The van der Waals surface area contributed by atoms with Crippen molar-refractivity contribution in [3.63, 3.8) is 0 Å². The maximum atomic E-state index is 12.9. The van der Waals surface area contributed by atoms with Gasteiger partial charge >= 0.3 is 5.97 Å². The summed E-state index contributed by atoms with van der Waals surface area (Å²) in [6.45, 7) is 3.06. The molecule has 2 bridgehead atoms.